The monoisotopic (exact) mass is 1180 g/mol. The van der Waals surface area contributed by atoms with Crippen molar-refractivity contribution in [1.82, 2.24) is 0 Å². The minimum atomic E-state index is -2.58. The molecule has 0 bridgehead atoms. The third-order valence-electron chi connectivity index (χ3n) is 16.7. The van der Waals surface area contributed by atoms with E-state index in [0.717, 1.165) is 77.0 Å². The maximum absolute atomic E-state index is 13.7. The summed E-state index contributed by atoms with van der Waals surface area (Å²) in [6.07, 6.45) is 56.9. The zero-order valence-corrected chi connectivity index (χ0v) is 54.9. The Morgan fingerprint density at radius 1 is 0.277 bits per heavy atom. The maximum Gasteiger partial charge on any atom is 0.339 e. The molecule has 0 aliphatic heterocycles. The quantitative estimate of drug-likeness (QED) is 0.0336. The van der Waals surface area contributed by atoms with Crippen molar-refractivity contribution in [3.8, 4) is 0 Å². The third kappa shape index (κ3) is 53.3. The second kappa shape index (κ2) is 60.9. The molecule has 12 heteroatoms. The summed E-state index contributed by atoms with van der Waals surface area (Å²) in [7, 11) is 0. The fraction of sp³-hybridized carbons (Fsp3) is 0.930. The summed E-state index contributed by atoms with van der Waals surface area (Å²) in [5.41, 5.74) is -4.10. The van der Waals surface area contributed by atoms with Crippen LogP contribution >= 0.6 is 0 Å². The van der Waals surface area contributed by atoms with E-state index in [0.29, 0.717) is 25.7 Å². The van der Waals surface area contributed by atoms with Gasteiger partial charge in [-0.05, 0) is 25.7 Å². The number of ether oxygens (including phenoxy) is 5. The van der Waals surface area contributed by atoms with Crippen LogP contribution in [0.2, 0.25) is 0 Å². The van der Waals surface area contributed by atoms with Gasteiger partial charge in [0, 0.05) is 12.8 Å². The molecule has 0 aromatic heterocycles. The lowest BCUT2D eigenvalue weighted by Gasteiger charge is -2.31. The average molecular weight is 1180 g/mol. The van der Waals surface area contributed by atoms with E-state index >= 15 is 0 Å². The SMILES string of the molecule is CCCCCCCCCCCCCCCCCCOC(=O)CC(O)(CC(=O)OCC(CO)(COC(=O)CCCCCCCCCCC)COC(=O)CCCCCCCCCCC)C(=O)OCCCCCCCCCCCCCCCCCC. The second-order valence-corrected chi connectivity index (χ2v) is 25.1. The first-order valence-corrected chi connectivity index (χ1v) is 35.6. The summed E-state index contributed by atoms with van der Waals surface area (Å²) in [5, 5.41) is 22.7. The fourth-order valence-corrected chi connectivity index (χ4v) is 10.8. The lowest BCUT2D eigenvalue weighted by Crippen LogP contribution is -2.46. The van der Waals surface area contributed by atoms with Gasteiger partial charge in [0.05, 0.1) is 38.1 Å². The van der Waals surface area contributed by atoms with E-state index in [1.807, 2.05) is 0 Å². The van der Waals surface area contributed by atoms with E-state index in [4.69, 9.17) is 23.7 Å². The number of hydrogen-bond donors (Lipinski definition) is 2. The van der Waals surface area contributed by atoms with E-state index in [1.54, 1.807) is 0 Å². The molecule has 0 amide bonds. The number of esters is 5. The van der Waals surface area contributed by atoms with Crippen LogP contribution in [0.3, 0.4) is 0 Å². The van der Waals surface area contributed by atoms with Crippen LogP contribution in [0.5, 0.6) is 0 Å². The molecule has 2 N–H and O–H groups in total. The smallest absolute Gasteiger partial charge is 0.339 e. The minimum absolute atomic E-state index is 0.0192. The van der Waals surface area contributed by atoms with Gasteiger partial charge in [-0.15, -0.1) is 0 Å². The molecule has 0 rings (SSSR count). The predicted octanol–water partition coefficient (Wildman–Crippen LogP) is 19.6. The molecular weight excluding hydrogens is 1040 g/mol. The zero-order chi connectivity index (χ0) is 60.8. The van der Waals surface area contributed by atoms with Gasteiger partial charge in [-0.25, -0.2) is 4.79 Å². The van der Waals surface area contributed by atoms with Crippen LogP contribution in [0, 0.1) is 5.41 Å². The molecule has 12 nitrogen and oxygen atoms in total. The van der Waals surface area contributed by atoms with Crippen molar-refractivity contribution < 1.29 is 57.9 Å². The van der Waals surface area contributed by atoms with Gasteiger partial charge in [-0.3, -0.25) is 19.2 Å². The van der Waals surface area contributed by atoms with Gasteiger partial charge in [-0.1, -0.05) is 323 Å². The molecule has 0 aliphatic rings. The Bertz CT molecular complexity index is 1430. The van der Waals surface area contributed by atoms with E-state index in [9.17, 15) is 34.2 Å². The number of aliphatic hydroxyl groups excluding tert-OH is 1. The number of rotatable bonds is 66. The molecular formula is C71H134O12. The maximum atomic E-state index is 13.7. The molecule has 0 saturated carbocycles. The van der Waals surface area contributed by atoms with Crippen molar-refractivity contribution in [2.24, 2.45) is 5.41 Å². The van der Waals surface area contributed by atoms with Crippen molar-refractivity contribution in [1.29, 1.82) is 0 Å². The highest BCUT2D eigenvalue weighted by Crippen LogP contribution is 2.25. The molecule has 0 aliphatic carbocycles. The van der Waals surface area contributed by atoms with Gasteiger partial charge in [0.1, 0.15) is 19.8 Å². The summed E-state index contributed by atoms with van der Waals surface area (Å²) in [4.78, 5) is 66.7. The normalized spacial score (nSPS) is 12.3. The lowest BCUT2D eigenvalue weighted by atomic mass is 9.92. The highest BCUT2D eigenvalue weighted by Gasteiger charge is 2.44. The summed E-state index contributed by atoms with van der Waals surface area (Å²) in [5.74, 6) is -3.94. The highest BCUT2D eigenvalue weighted by molar-refractivity contribution is 5.90. The van der Waals surface area contributed by atoms with E-state index in [2.05, 4.69) is 27.7 Å². The van der Waals surface area contributed by atoms with Crippen LogP contribution in [0.15, 0.2) is 0 Å². The molecule has 0 radical (unpaired) electrons. The van der Waals surface area contributed by atoms with Gasteiger partial charge in [0.15, 0.2) is 5.60 Å². The molecule has 0 aromatic rings. The van der Waals surface area contributed by atoms with Crippen LogP contribution in [-0.2, 0) is 47.7 Å². The Morgan fingerprint density at radius 3 is 0.759 bits per heavy atom. The van der Waals surface area contributed by atoms with E-state index in [1.165, 1.54) is 218 Å². The Labute approximate surface area is 510 Å². The van der Waals surface area contributed by atoms with Crippen LogP contribution in [0.4, 0.5) is 0 Å². The van der Waals surface area contributed by atoms with E-state index < -0.39 is 80.1 Å². The van der Waals surface area contributed by atoms with Crippen LogP contribution in [-0.4, -0.2) is 85.3 Å². The van der Waals surface area contributed by atoms with Crippen molar-refractivity contribution in [2.75, 3.05) is 39.6 Å². The van der Waals surface area contributed by atoms with Crippen molar-refractivity contribution in [3.63, 3.8) is 0 Å². The number of hydrogen-bond acceptors (Lipinski definition) is 12. The summed E-state index contributed by atoms with van der Waals surface area (Å²) in [6, 6.07) is 0. The fourth-order valence-electron chi connectivity index (χ4n) is 10.8. The predicted molar refractivity (Wildman–Crippen MR) is 341 cm³/mol. The number of aliphatic hydroxyl groups is 2. The standard InChI is InChI=1S/C71H134O12/c1-5-9-13-17-21-25-27-29-31-33-35-37-41-45-49-53-57-79-67(75)59-71(78,69(77)80-58-54-50-46-42-38-36-34-32-30-28-26-22-18-14-10-6-2)60-68(76)83-64-70(61-72,62-81-65(73)55-51-47-43-39-23-19-15-11-7-3)63-82-66(74)56-52-48-44-40-24-20-16-12-8-4/h72,78H,5-64H2,1-4H3. The number of carbonyl (C=O) groups excluding carboxylic acids is 5. The molecule has 0 saturated heterocycles. The van der Waals surface area contributed by atoms with Crippen molar-refractivity contribution in [3.05, 3.63) is 0 Å². The molecule has 1 atom stereocenters. The molecule has 0 heterocycles. The second-order valence-electron chi connectivity index (χ2n) is 25.1. The van der Waals surface area contributed by atoms with Crippen LogP contribution in [0.25, 0.3) is 0 Å². The van der Waals surface area contributed by atoms with Gasteiger partial charge in [0.25, 0.3) is 0 Å². The summed E-state index contributed by atoms with van der Waals surface area (Å²) >= 11 is 0. The lowest BCUT2D eigenvalue weighted by molar-refractivity contribution is -0.180. The van der Waals surface area contributed by atoms with Gasteiger partial charge >= 0.3 is 29.8 Å². The van der Waals surface area contributed by atoms with Gasteiger partial charge in [-0.2, -0.15) is 0 Å². The molecule has 0 aromatic carbocycles. The minimum Gasteiger partial charge on any atom is -0.466 e. The average Bonchev–Trinajstić information content (AvgIpc) is 3.61. The molecule has 83 heavy (non-hydrogen) atoms. The van der Waals surface area contributed by atoms with Crippen molar-refractivity contribution in [2.45, 2.75) is 380 Å². The molecule has 490 valence electrons. The zero-order valence-electron chi connectivity index (χ0n) is 54.9. The topological polar surface area (TPSA) is 172 Å². The Kier molecular flexibility index (Phi) is 58.9. The third-order valence-corrected chi connectivity index (χ3v) is 16.7. The van der Waals surface area contributed by atoms with E-state index in [-0.39, 0.29) is 26.1 Å². The van der Waals surface area contributed by atoms with Crippen LogP contribution < -0.4 is 0 Å². The Hall–Kier alpha value is -2.73. The number of carbonyl (C=O) groups is 5. The first kappa shape index (κ1) is 80.3. The Morgan fingerprint density at radius 2 is 0.494 bits per heavy atom. The highest BCUT2D eigenvalue weighted by atomic mass is 16.6. The largest absolute Gasteiger partial charge is 0.466 e. The van der Waals surface area contributed by atoms with Gasteiger partial charge < -0.3 is 33.9 Å². The summed E-state index contributed by atoms with van der Waals surface area (Å²) in [6.45, 7) is 7.07. The molecule has 1 unspecified atom stereocenters. The molecule has 0 fully saturated rings. The summed E-state index contributed by atoms with van der Waals surface area (Å²) < 4.78 is 28.0. The number of unbranched alkanes of at least 4 members (excludes halogenated alkanes) is 46. The van der Waals surface area contributed by atoms with Crippen LogP contribution in [0.1, 0.15) is 374 Å². The Balaban J connectivity index is 5.51. The van der Waals surface area contributed by atoms with Gasteiger partial charge in [0.2, 0.25) is 0 Å². The first-order valence-electron chi connectivity index (χ1n) is 35.6. The molecule has 0 spiro atoms. The van der Waals surface area contributed by atoms with Crippen molar-refractivity contribution >= 4 is 29.8 Å². The first-order chi connectivity index (χ1) is 40.5.